The maximum absolute atomic E-state index is 13.4. The summed E-state index contributed by atoms with van der Waals surface area (Å²) in [5, 5.41) is 2.81. The number of nitrogens with zero attached hydrogens (tertiary/aromatic N) is 1. The van der Waals surface area contributed by atoms with E-state index < -0.39 is 35.7 Å². The molecule has 0 bridgehead atoms. The molecule has 0 aliphatic heterocycles. The predicted molar refractivity (Wildman–Crippen MR) is 84.3 cm³/mol. The molecule has 0 aliphatic rings. The molecule has 2 rings (SSSR count). The lowest BCUT2D eigenvalue weighted by Gasteiger charge is -2.09. The molecule has 1 heterocycles. The van der Waals surface area contributed by atoms with Crippen molar-refractivity contribution in [1.29, 1.82) is 0 Å². The number of ether oxygens (including phenoxy) is 1. The van der Waals surface area contributed by atoms with Gasteiger partial charge in [-0.1, -0.05) is 23.2 Å². The number of amides is 1. The van der Waals surface area contributed by atoms with E-state index in [1.54, 1.807) is 6.92 Å². The van der Waals surface area contributed by atoms with Crippen LogP contribution in [0.2, 0.25) is 10.0 Å². The Morgan fingerprint density at radius 3 is 2.67 bits per heavy atom. The summed E-state index contributed by atoms with van der Waals surface area (Å²) in [5.41, 5.74) is 0.0386. The van der Waals surface area contributed by atoms with Crippen LogP contribution in [0.1, 0.15) is 15.9 Å². The predicted octanol–water partition coefficient (Wildman–Crippen LogP) is 3.77. The third kappa shape index (κ3) is 4.18. The SMILES string of the molecule is Cc1c(Cl)cnc(NC(=O)COC(=O)c2ccc(F)cc2F)c1Cl. The Kier molecular flexibility index (Phi) is 5.69. The monoisotopic (exact) mass is 374 g/mol. The number of halogens is 4. The van der Waals surface area contributed by atoms with Crippen LogP contribution in [0.5, 0.6) is 0 Å². The standard InChI is InChI=1S/C15H10Cl2F2N2O3/c1-7-10(16)5-20-14(13(7)17)21-12(22)6-24-15(23)9-3-2-8(18)4-11(9)19/h2-5H,6H2,1H3,(H,20,21,22). The van der Waals surface area contributed by atoms with Gasteiger partial charge in [0.05, 0.1) is 15.6 Å². The molecule has 126 valence electrons. The van der Waals surface area contributed by atoms with Gasteiger partial charge in [0, 0.05) is 12.3 Å². The van der Waals surface area contributed by atoms with Crippen molar-refractivity contribution < 1.29 is 23.1 Å². The van der Waals surface area contributed by atoms with E-state index in [2.05, 4.69) is 15.0 Å². The lowest BCUT2D eigenvalue weighted by atomic mass is 10.2. The molecule has 24 heavy (non-hydrogen) atoms. The molecule has 1 aromatic heterocycles. The van der Waals surface area contributed by atoms with Crippen LogP contribution >= 0.6 is 23.2 Å². The molecule has 0 radical (unpaired) electrons. The van der Waals surface area contributed by atoms with Crippen LogP contribution in [-0.2, 0) is 9.53 Å². The molecule has 1 N–H and O–H groups in total. The average molecular weight is 375 g/mol. The molecule has 2 aromatic rings. The van der Waals surface area contributed by atoms with Crippen LogP contribution in [-0.4, -0.2) is 23.5 Å². The summed E-state index contributed by atoms with van der Waals surface area (Å²) in [5.74, 6) is -3.71. The number of benzene rings is 1. The Bertz CT molecular complexity index is 816. The van der Waals surface area contributed by atoms with E-state index in [-0.39, 0.29) is 10.8 Å². The highest BCUT2D eigenvalue weighted by molar-refractivity contribution is 6.37. The Hall–Kier alpha value is -2.25. The van der Waals surface area contributed by atoms with Gasteiger partial charge < -0.3 is 10.1 Å². The number of rotatable bonds is 4. The van der Waals surface area contributed by atoms with Gasteiger partial charge in [-0.25, -0.2) is 18.6 Å². The van der Waals surface area contributed by atoms with E-state index in [0.29, 0.717) is 16.7 Å². The van der Waals surface area contributed by atoms with Crippen molar-refractivity contribution in [3.8, 4) is 0 Å². The summed E-state index contributed by atoms with van der Waals surface area (Å²) in [6.45, 7) is 0.939. The second-order valence-electron chi connectivity index (χ2n) is 4.64. The van der Waals surface area contributed by atoms with Crippen molar-refractivity contribution in [3.05, 3.63) is 57.2 Å². The Morgan fingerprint density at radius 2 is 2.00 bits per heavy atom. The van der Waals surface area contributed by atoms with E-state index in [4.69, 9.17) is 23.2 Å². The summed E-state index contributed by atoms with van der Waals surface area (Å²) in [6, 6.07) is 2.36. The van der Waals surface area contributed by atoms with Crippen molar-refractivity contribution in [1.82, 2.24) is 4.98 Å². The zero-order valence-electron chi connectivity index (χ0n) is 12.2. The lowest BCUT2D eigenvalue weighted by molar-refractivity contribution is -0.119. The number of hydrogen-bond acceptors (Lipinski definition) is 4. The highest BCUT2D eigenvalue weighted by Crippen LogP contribution is 2.28. The van der Waals surface area contributed by atoms with Gasteiger partial charge in [-0.05, 0) is 24.6 Å². The first-order valence-electron chi connectivity index (χ1n) is 6.52. The molecular formula is C15H10Cl2F2N2O3. The van der Waals surface area contributed by atoms with Crippen molar-refractivity contribution in [2.24, 2.45) is 0 Å². The summed E-state index contributed by atoms with van der Waals surface area (Å²) < 4.78 is 30.9. The number of aromatic nitrogens is 1. The molecule has 0 unspecified atom stereocenters. The smallest absolute Gasteiger partial charge is 0.341 e. The Labute approximate surface area is 145 Å². The molecule has 1 amide bonds. The van der Waals surface area contributed by atoms with E-state index in [1.807, 2.05) is 0 Å². The van der Waals surface area contributed by atoms with Crippen molar-refractivity contribution >= 4 is 40.9 Å². The molecule has 0 atom stereocenters. The van der Waals surface area contributed by atoms with Gasteiger partial charge in [-0.15, -0.1) is 0 Å². The first kappa shape index (κ1) is 18.1. The molecule has 0 saturated carbocycles. The maximum atomic E-state index is 13.4. The van der Waals surface area contributed by atoms with E-state index in [0.717, 1.165) is 12.1 Å². The highest BCUT2D eigenvalue weighted by Gasteiger charge is 2.17. The highest BCUT2D eigenvalue weighted by atomic mass is 35.5. The quantitative estimate of drug-likeness (QED) is 0.827. The zero-order valence-corrected chi connectivity index (χ0v) is 13.7. The van der Waals surface area contributed by atoms with Crippen LogP contribution in [0.25, 0.3) is 0 Å². The summed E-state index contributed by atoms with van der Waals surface area (Å²) >= 11 is 11.8. The van der Waals surface area contributed by atoms with E-state index in [1.165, 1.54) is 6.20 Å². The number of esters is 1. The summed E-state index contributed by atoms with van der Waals surface area (Å²) in [4.78, 5) is 27.3. The molecule has 5 nitrogen and oxygen atoms in total. The minimum absolute atomic E-state index is 0.0487. The van der Waals surface area contributed by atoms with E-state index >= 15 is 0 Å². The third-order valence-corrected chi connectivity index (χ3v) is 3.79. The molecule has 0 spiro atoms. The first-order valence-corrected chi connectivity index (χ1v) is 7.27. The number of hydrogen-bond donors (Lipinski definition) is 1. The summed E-state index contributed by atoms with van der Waals surface area (Å²) in [6.07, 6.45) is 1.30. The summed E-state index contributed by atoms with van der Waals surface area (Å²) in [7, 11) is 0. The molecule has 0 fully saturated rings. The number of carbonyl (C=O) groups excluding carboxylic acids is 2. The largest absolute Gasteiger partial charge is 0.452 e. The normalized spacial score (nSPS) is 10.4. The van der Waals surface area contributed by atoms with Crippen molar-refractivity contribution in [2.45, 2.75) is 6.92 Å². The Balaban J connectivity index is 1.98. The van der Waals surface area contributed by atoms with Gasteiger partial charge in [0.2, 0.25) is 0 Å². The fraction of sp³-hybridized carbons (Fsp3) is 0.133. The first-order chi connectivity index (χ1) is 11.3. The van der Waals surface area contributed by atoms with Crippen LogP contribution in [0.4, 0.5) is 14.6 Å². The van der Waals surface area contributed by atoms with Gasteiger partial charge in [0.25, 0.3) is 5.91 Å². The van der Waals surface area contributed by atoms with Gasteiger partial charge in [0.1, 0.15) is 11.6 Å². The third-order valence-electron chi connectivity index (χ3n) is 2.95. The van der Waals surface area contributed by atoms with Crippen LogP contribution in [0.3, 0.4) is 0 Å². The zero-order chi connectivity index (χ0) is 17.9. The number of anilines is 1. The number of carbonyl (C=O) groups is 2. The average Bonchev–Trinajstić information content (AvgIpc) is 2.53. The molecule has 1 aromatic carbocycles. The molecule has 0 saturated heterocycles. The van der Waals surface area contributed by atoms with Crippen molar-refractivity contribution in [3.63, 3.8) is 0 Å². The molecular weight excluding hydrogens is 365 g/mol. The van der Waals surface area contributed by atoms with E-state index in [9.17, 15) is 18.4 Å². The molecule has 9 heteroatoms. The fourth-order valence-electron chi connectivity index (χ4n) is 1.68. The second-order valence-corrected chi connectivity index (χ2v) is 5.43. The second kappa shape index (κ2) is 7.55. The number of pyridine rings is 1. The maximum Gasteiger partial charge on any atom is 0.341 e. The van der Waals surface area contributed by atoms with Gasteiger partial charge >= 0.3 is 5.97 Å². The van der Waals surface area contributed by atoms with Crippen molar-refractivity contribution in [2.75, 3.05) is 11.9 Å². The fourth-order valence-corrected chi connectivity index (χ4v) is 2.07. The molecule has 0 aliphatic carbocycles. The Morgan fingerprint density at radius 1 is 1.29 bits per heavy atom. The number of nitrogens with one attached hydrogen (secondary N) is 1. The van der Waals surface area contributed by atoms with Crippen LogP contribution in [0, 0.1) is 18.6 Å². The van der Waals surface area contributed by atoms with Gasteiger partial charge in [-0.3, -0.25) is 4.79 Å². The minimum Gasteiger partial charge on any atom is -0.452 e. The lowest BCUT2D eigenvalue weighted by Crippen LogP contribution is -2.22. The van der Waals surface area contributed by atoms with Gasteiger partial charge in [-0.2, -0.15) is 0 Å². The minimum atomic E-state index is -1.10. The van der Waals surface area contributed by atoms with Gasteiger partial charge in [0.15, 0.2) is 12.4 Å². The topological polar surface area (TPSA) is 68.3 Å². The van der Waals surface area contributed by atoms with Crippen LogP contribution in [0.15, 0.2) is 24.4 Å². The van der Waals surface area contributed by atoms with Crippen LogP contribution < -0.4 is 5.32 Å².